The maximum absolute atomic E-state index is 8.92. The van der Waals surface area contributed by atoms with Gasteiger partial charge in [0.1, 0.15) is 5.15 Å². The van der Waals surface area contributed by atoms with Crippen LogP contribution in [0, 0.1) is 12.8 Å². The van der Waals surface area contributed by atoms with Gasteiger partial charge in [0.25, 0.3) is 0 Å². The van der Waals surface area contributed by atoms with E-state index in [1.807, 2.05) is 31.2 Å². The first-order valence-electron chi connectivity index (χ1n) is 7.35. The first-order chi connectivity index (χ1) is 10.5. The molecule has 1 heterocycles. The smallest absolute Gasteiger partial charge is 0.137 e. The van der Waals surface area contributed by atoms with Gasteiger partial charge in [-0.3, -0.25) is 0 Å². The highest BCUT2D eigenvalue weighted by Crippen LogP contribution is 2.27. The number of para-hydroxylation sites is 1. The van der Waals surface area contributed by atoms with E-state index < -0.39 is 0 Å². The van der Waals surface area contributed by atoms with E-state index in [0.717, 1.165) is 29.9 Å². The number of aliphatic hydroxyl groups excluding tert-OH is 1. The van der Waals surface area contributed by atoms with E-state index in [2.05, 4.69) is 17.3 Å². The van der Waals surface area contributed by atoms with Crippen LogP contribution in [0.5, 0.6) is 0 Å². The second kappa shape index (κ2) is 7.97. The highest BCUT2D eigenvalue weighted by molar-refractivity contribution is 6.33. The van der Waals surface area contributed by atoms with Crippen molar-refractivity contribution in [2.75, 3.05) is 13.2 Å². The minimum atomic E-state index is 0.215. The molecule has 0 aliphatic carbocycles. The zero-order valence-electron chi connectivity index (χ0n) is 12.8. The van der Waals surface area contributed by atoms with Crippen LogP contribution in [0.15, 0.2) is 24.3 Å². The van der Waals surface area contributed by atoms with Crippen molar-refractivity contribution in [3.05, 3.63) is 45.7 Å². The van der Waals surface area contributed by atoms with Gasteiger partial charge in [-0.25, -0.2) is 4.68 Å². The molecule has 1 aromatic carbocycles. The van der Waals surface area contributed by atoms with E-state index >= 15 is 0 Å². The first-order valence-corrected chi connectivity index (χ1v) is 8.10. The van der Waals surface area contributed by atoms with E-state index in [0.29, 0.717) is 22.6 Å². The quantitative estimate of drug-likeness (QED) is 0.808. The number of aliphatic hydroxyl groups is 1. The predicted molar refractivity (Wildman–Crippen MR) is 90.9 cm³/mol. The molecule has 0 spiro atoms. The normalized spacial score (nSPS) is 12.6. The van der Waals surface area contributed by atoms with Gasteiger partial charge in [-0.15, -0.1) is 0 Å². The Kier molecular flexibility index (Phi) is 6.26. The van der Waals surface area contributed by atoms with Gasteiger partial charge in [-0.1, -0.05) is 42.3 Å². The summed E-state index contributed by atoms with van der Waals surface area (Å²) < 4.78 is 1.67. The third-order valence-electron chi connectivity index (χ3n) is 3.62. The average molecular weight is 342 g/mol. The SMILES string of the molecule is Cc1nn(-c2ccccc2Cl)c(Cl)c1CNCC(C)CCO. The second-order valence-corrected chi connectivity index (χ2v) is 6.23. The van der Waals surface area contributed by atoms with Crippen LogP contribution in [0.2, 0.25) is 10.2 Å². The molecule has 2 rings (SSSR count). The minimum absolute atomic E-state index is 0.215. The Morgan fingerprint density at radius 1 is 1.32 bits per heavy atom. The van der Waals surface area contributed by atoms with Gasteiger partial charge in [-0.2, -0.15) is 5.10 Å². The molecule has 0 saturated heterocycles. The zero-order chi connectivity index (χ0) is 16.1. The minimum Gasteiger partial charge on any atom is -0.396 e. The molecule has 1 aromatic heterocycles. The number of benzene rings is 1. The average Bonchev–Trinajstić information content (AvgIpc) is 2.76. The summed E-state index contributed by atoms with van der Waals surface area (Å²) in [6, 6.07) is 7.49. The summed E-state index contributed by atoms with van der Waals surface area (Å²) in [5.41, 5.74) is 2.63. The van der Waals surface area contributed by atoms with Crippen molar-refractivity contribution in [2.45, 2.75) is 26.8 Å². The number of aryl methyl sites for hydroxylation is 1. The van der Waals surface area contributed by atoms with E-state index in [1.165, 1.54) is 0 Å². The molecule has 0 aliphatic rings. The molecule has 1 atom stereocenters. The summed E-state index contributed by atoms with van der Waals surface area (Å²) in [5.74, 6) is 0.419. The molecule has 0 amide bonds. The number of nitrogens with zero attached hydrogens (tertiary/aromatic N) is 2. The standard InChI is InChI=1S/C16H21Cl2N3O/c1-11(7-8-22)9-19-10-13-12(2)20-21(16(13)18)15-6-4-3-5-14(15)17/h3-6,11,19,22H,7-10H2,1-2H3. The fraction of sp³-hybridized carbons (Fsp3) is 0.438. The van der Waals surface area contributed by atoms with Gasteiger partial charge in [0, 0.05) is 18.7 Å². The van der Waals surface area contributed by atoms with Crippen molar-refractivity contribution in [1.29, 1.82) is 0 Å². The lowest BCUT2D eigenvalue weighted by Crippen LogP contribution is -2.21. The van der Waals surface area contributed by atoms with Crippen molar-refractivity contribution in [3.63, 3.8) is 0 Å². The molecule has 2 aromatic rings. The zero-order valence-corrected chi connectivity index (χ0v) is 14.3. The van der Waals surface area contributed by atoms with Crippen LogP contribution in [0.1, 0.15) is 24.6 Å². The summed E-state index contributed by atoms with van der Waals surface area (Å²) in [6.07, 6.45) is 0.790. The fourth-order valence-electron chi connectivity index (χ4n) is 2.28. The molecule has 4 nitrogen and oxygen atoms in total. The van der Waals surface area contributed by atoms with Crippen LogP contribution in [-0.2, 0) is 6.54 Å². The van der Waals surface area contributed by atoms with Crippen molar-refractivity contribution < 1.29 is 5.11 Å². The Hall–Kier alpha value is -1.07. The van der Waals surface area contributed by atoms with Crippen molar-refractivity contribution in [2.24, 2.45) is 5.92 Å². The third-order valence-corrected chi connectivity index (χ3v) is 4.33. The van der Waals surface area contributed by atoms with Gasteiger partial charge in [0.05, 0.1) is 16.4 Å². The number of nitrogens with one attached hydrogen (secondary N) is 1. The van der Waals surface area contributed by atoms with Gasteiger partial charge < -0.3 is 10.4 Å². The number of rotatable bonds is 7. The van der Waals surface area contributed by atoms with E-state index in [4.69, 9.17) is 28.3 Å². The highest BCUT2D eigenvalue weighted by Gasteiger charge is 2.16. The Labute approximate surface area is 141 Å². The number of hydrogen-bond donors (Lipinski definition) is 2. The number of halogens is 2. The molecule has 6 heteroatoms. The summed E-state index contributed by atoms with van der Waals surface area (Å²) in [4.78, 5) is 0. The van der Waals surface area contributed by atoms with Crippen LogP contribution >= 0.6 is 23.2 Å². The van der Waals surface area contributed by atoms with Crippen LogP contribution in [0.3, 0.4) is 0 Å². The van der Waals surface area contributed by atoms with Gasteiger partial charge >= 0.3 is 0 Å². The molecule has 0 radical (unpaired) electrons. The Morgan fingerprint density at radius 3 is 2.73 bits per heavy atom. The molecule has 2 N–H and O–H groups in total. The van der Waals surface area contributed by atoms with Gasteiger partial charge in [-0.05, 0) is 37.9 Å². The maximum atomic E-state index is 8.92. The highest BCUT2D eigenvalue weighted by atomic mass is 35.5. The molecule has 0 saturated carbocycles. The summed E-state index contributed by atoms with van der Waals surface area (Å²) in [7, 11) is 0. The first kappa shape index (κ1) is 17.3. The van der Waals surface area contributed by atoms with E-state index in [1.54, 1.807) is 4.68 Å². The third kappa shape index (κ3) is 4.02. The second-order valence-electron chi connectivity index (χ2n) is 5.47. The molecule has 1 unspecified atom stereocenters. The Morgan fingerprint density at radius 2 is 2.05 bits per heavy atom. The monoisotopic (exact) mass is 341 g/mol. The van der Waals surface area contributed by atoms with Crippen molar-refractivity contribution in [1.82, 2.24) is 15.1 Å². The Balaban J connectivity index is 2.13. The lowest BCUT2D eigenvalue weighted by atomic mass is 10.1. The van der Waals surface area contributed by atoms with Crippen LogP contribution in [0.25, 0.3) is 5.69 Å². The predicted octanol–water partition coefficient (Wildman–Crippen LogP) is 3.60. The van der Waals surface area contributed by atoms with E-state index in [9.17, 15) is 0 Å². The molecule has 22 heavy (non-hydrogen) atoms. The fourth-order valence-corrected chi connectivity index (χ4v) is 2.83. The van der Waals surface area contributed by atoms with Gasteiger partial charge in [0.2, 0.25) is 0 Å². The topological polar surface area (TPSA) is 50.1 Å². The molecule has 0 aliphatic heterocycles. The number of aromatic nitrogens is 2. The lowest BCUT2D eigenvalue weighted by molar-refractivity contribution is 0.260. The van der Waals surface area contributed by atoms with Crippen LogP contribution < -0.4 is 5.32 Å². The van der Waals surface area contributed by atoms with Crippen LogP contribution in [-0.4, -0.2) is 28.0 Å². The Bertz CT molecular complexity index is 628. The lowest BCUT2D eigenvalue weighted by Gasteiger charge is -2.11. The van der Waals surface area contributed by atoms with Crippen molar-refractivity contribution >= 4 is 23.2 Å². The maximum Gasteiger partial charge on any atom is 0.137 e. The molecule has 0 fully saturated rings. The number of hydrogen-bond acceptors (Lipinski definition) is 3. The summed E-state index contributed by atoms with van der Waals surface area (Å²) in [6.45, 7) is 5.73. The molecular formula is C16H21Cl2N3O. The molecule has 0 bridgehead atoms. The molecule has 120 valence electrons. The van der Waals surface area contributed by atoms with Gasteiger partial charge in [0.15, 0.2) is 0 Å². The van der Waals surface area contributed by atoms with Crippen LogP contribution in [0.4, 0.5) is 0 Å². The van der Waals surface area contributed by atoms with Crippen molar-refractivity contribution in [3.8, 4) is 5.69 Å². The summed E-state index contributed by atoms with van der Waals surface area (Å²) in [5, 5.41) is 18.0. The molecular weight excluding hydrogens is 321 g/mol. The largest absolute Gasteiger partial charge is 0.396 e. The summed E-state index contributed by atoms with van der Waals surface area (Å²) >= 11 is 12.7. The van der Waals surface area contributed by atoms with E-state index in [-0.39, 0.29) is 6.61 Å².